The van der Waals surface area contributed by atoms with Gasteiger partial charge in [0, 0.05) is 20.5 Å². The molecule has 31 heavy (non-hydrogen) atoms. The lowest BCUT2D eigenvalue weighted by Gasteiger charge is -2.16. The number of aryl methyl sites for hydroxylation is 1. The molecule has 164 valence electrons. The molecule has 1 amide bonds. The zero-order valence-corrected chi connectivity index (χ0v) is 18.3. The van der Waals surface area contributed by atoms with Crippen molar-refractivity contribution in [1.29, 1.82) is 0 Å². The minimum atomic E-state index is -3.52. The van der Waals surface area contributed by atoms with E-state index in [9.17, 15) is 22.8 Å². The molecule has 1 atom stereocenters. The minimum absolute atomic E-state index is 0.00831. The van der Waals surface area contributed by atoms with Crippen molar-refractivity contribution >= 4 is 26.7 Å². The summed E-state index contributed by atoms with van der Waals surface area (Å²) in [6.07, 6.45) is -0.00831. The third-order valence-corrected chi connectivity index (χ3v) is 6.81. The number of H-pyrrole nitrogens is 1. The Balaban J connectivity index is 1.66. The Labute approximate surface area is 179 Å². The van der Waals surface area contributed by atoms with Gasteiger partial charge in [0.15, 0.2) is 0 Å². The average Bonchev–Trinajstić information content (AvgIpc) is 2.75. The SMILES string of the molecule is CC(NC(=O)CCn1[nH]c(=O)c2ccccc2c1=O)c1ccc(S(=O)(=O)N(C)C)cc1. The van der Waals surface area contributed by atoms with Gasteiger partial charge < -0.3 is 5.32 Å². The van der Waals surface area contributed by atoms with Gasteiger partial charge in [-0.3, -0.25) is 19.5 Å². The Morgan fingerprint density at radius 3 is 2.29 bits per heavy atom. The normalized spacial score (nSPS) is 12.8. The number of aromatic nitrogens is 2. The highest BCUT2D eigenvalue weighted by atomic mass is 32.2. The third-order valence-electron chi connectivity index (χ3n) is 4.98. The first-order chi connectivity index (χ1) is 14.6. The number of benzene rings is 2. The van der Waals surface area contributed by atoms with Crippen LogP contribution < -0.4 is 16.4 Å². The van der Waals surface area contributed by atoms with Crippen LogP contribution in [0.3, 0.4) is 0 Å². The summed E-state index contributed by atoms with van der Waals surface area (Å²) in [4.78, 5) is 37.2. The Morgan fingerprint density at radius 2 is 1.68 bits per heavy atom. The van der Waals surface area contributed by atoms with Gasteiger partial charge in [-0.15, -0.1) is 0 Å². The quantitative estimate of drug-likeness (QED) is 0.567. The molecule has 0 aliphatic rings. The number of aromatic amines is 1. The van der Waals surface area contributed by atoms with Crippen molar-refractivity contribution < 1.29 is 13.2 Å². The Kier molecular flexibility index (Phi) is 6.42. The van der Waals surface area contributed by atoms with Crippen LogP contribution in [-0.4, -0.2) is 42.5 Å². The summed E-state index contributed by atoms with van der Waals surface area (Å²) < 4.78 is 26.6. The smallest absolute Gasteiger partial charge is 0.273 e. The van der Waals surface area contributed by atoms with Gasteiger partial charge in [-0.1, -0.05) is 24.3 Å². The zero-order chi connectivity index (χ0) is 22.8. The first-order valence-electron chi connectivity index (χ1n) is 9.65. The summed E-state index contributed by atoms with van der Waals surface area (Å²) in [5.41, 5.74) is -0.0205. The highest BCUT2D eigenvalue weighted by Gasteiger charge is 2.18. The molecule has 0 bridgehead atoms. The second-order valence-electron chi connectivity index (χ2n) is 7.34. The van der Waals surface area contributed by atoms with Gasteiger partial charge in [-0.2, -0.15) is 0 Å². The van der Waals surface area contributed by atoms with Crippen LogP contribution in [0, 0.1) is 0 Å². The largest absolute Gasteiger partial charge is 0.350 e. The first-order valence-corrected chi connectivity index (χ1v) is 11.1. The van der Waals surface area contributed by atoms with E-state index >= 15 is 0 Å². The number of carbonyl (C=O) groups excluding carboxylic acids is 1. The lowest BCUT2D eigenvalue weighted by atomic mass is 10.1. The molecule has 0 saturated heterocycles. The third kappa shape index (κ3) is 4.75. The number of nitrogens with one attached hydrogen (secondary N) is 2. The number of amides is 1. The Bertz CT molecular complexity index is 1320. The molecule has 1 unspecified atom stereocenters. The molecule has 0 spiro atoms. The van der Waals surface area contributed by atoms with Crippen molar-refractivity contribution in [2.45, 2.75) is 30.8 Å². The summed E-state index contributed by atoms with van der Waals surface area (Å²) in [6.45, 7) is 1.80. The molecular formula is C21H24N4O5S. The van der Waals surface area contributed by atoms with Gasteiger partial charge in [-0.25, -0.2) is 17.4 Å². The summed E-state index contributed by atoms with van der Waals surface area (Å²) in [5, 5.41) is 5.91. The van der Waals surface area contributed by atoms with Crippen molar-refractivity contribution in [3.05, 3.63) is 74.8 Å². The topological polar surface area (TPSA) is 121 Å². The van der Waals surface area contributed by atoms with Crippen LogP contribution in [0.1, 0.15) is 24.9 Å². The maximum atomic E-state index is 12.5. The summed E-state index contributed by atoms with van der Waals surface area (Å²) in [7, 11) is -0.603. The molecule has 0 aliphatic carbocycles. The second-order valence-corrected chi connectivity index (χ2v) is 9.49. The van der Waals surface area contributed by atoms with E-state index in [0.717, 1.165) is 14.6 Å². The molecule has 3 aromatic rings. The van der Waals surface area contributed by atoms with E-state index in [-0.39, 0.29) is 35.4 Å². The molecule has 0 aliphatic heterocycles. The fraction of sp³-hybridized carbons (Fsp3) is 0.286. The predicted octanol–water partition coefficient (Wildman–Crippen LogP) is 1.21. The maximum absolute atomic E-state index is 12.5. The Morgan fingerprint density at radius 1 is 1.06 bits per heavy atom. The predicted molar refractivity (Wildman–Crippen MR) is 117 cm³/mol. The number of hydrogen-bond acceptors (Lipinski definition) is 5. The number of nitrogens with zero attached hydrogens (tertiary/aromatic N) is 2. The van der Waals surface area contributed by atoms with E-state index in [2.05, 4.69) is 10.4 Å². The monoisotopic (exact) mass is 444 g/mol. The van der Waals surface area contributed by atoms with Crippen LogP contribution in [0.4, 0.5) is 0 Å². The molecule has 0 radical (unpaired) electrons. The van der Waals surface area contributed by atoms with Gasteiger partial charge in [-0.05, 0) is 36.8 Å². The van der Waals surface area contributed by atoms with E-state index < -0.39 is 15.6 Å². The van der Waals surface area contributed by atoms with Gasteiger partial charge in [0.05, 0.1) is 28.3 Å². The second kappa shape index (κ2) is 8.86. The number of rotatable bonds is 7. The van der Waals surface area contributed by atoms with E-state index in [0.29, 0.717) is 10.8 Å². The van der Waals surface area contributed by atoms with Crippen molar-refractivity contribution in [3.8, 4) is 0 Å². The standard InChI is InChI=1S/C21H24N4O5S/c1-14(15-8-10-16(11-9-15)31(29,30)24(2)3)22-19(26)12-13-25-21(28)18-7-5-4-6-17(18)20(27)23-25/h4-11,14H,12-13H2,1-3H3,(H,22,26)(H,23,27). The fourth-order valence-corrected chi connectivity index (χ4v) is 4.06. The van der Waals surface area contributed by atoms with Crippen LogP contribution in [0.15, 0.2) is 63.0 Å². The van der Waals surface area contributed by atoms with Crippen LogP contribution in [-0.2, 0) is 21.4 Å². The maximum Gasteiger partial charge on any atom is 0.273 e. The molecule has 0 fully saturated rings. The minimum Gasteiger partial charge on any atom is -0.350 e. The molecule has 2 aromatic carbocycles. The van der Waals surface area contributed by atoms with Crippen LogP contribution in [0.25, 0.3) is 10.8 Å². The van der Waals surface area contributed by atoms with Gasteiger partial charge >= 0.3 is 0 Å². The van der Waals surface area contributed by atoms with E-state index in [1.54, 1.807) is 43.3 Å². The molecule has 9 nitrogen and oxygen atoms in total. The van der Waals surface area contributed by atoms with Gasteiger partial charge in [0.1, 0.15) is 0 Å². The van der Waals surface area contributed by atoms with Gasteiger partial charge in [0.25, 0.3) is 11.1 Å². The highest BCUT2D eigenvalue weighted by molar-refractivity contribution is 7.89. The Hall–Kier alpha value is -3.24. The molecule has 10 heteroatoms. The van der Waals surface area contributed by atoms with E-state index in [4.69, 9.17) is 0 Å². The summed E-state index contributed by atoms with van der Waals surface area (Å²) >= 11 is 0. The summed E-state index contributed by atoms with van der Waals surface area (Å²) in [5.74, 6) is -0.307. The lowest BCUT2D eigenvalue weighted by molar-refractivity contribution is -0.122. The van der Waals surface area contributed by atoms with Crippen molar-refractivity contribution in [1.82, 2.24) is 19.4 Å². The number of carbonyl (C=O) groups is 1. The average molecular weight is 445 g/mol. The van der Waals surface area contributed by atoms with E-state index in [1.807, 2.05) is 0 Å². The van der Waals surface area contributed by atoms with E-state index in [1.165, 1.54) is 26.2 Å². The van der Waals surface area contributed by atoms with Crippen molar-refractivity contribution in [2.75, 3.05) is 14.1 Å². The fourth-order valence-electron chi connectivity index (χ4n) is 3.15. The first kappa shape index (κ1) is 22.4. The molecular weight excluding hydrogens is 420 g/mol. The zero-order valence-electron chi connectivity index (χ0n) is 17.5. The molecule has 0 saturated carbocycles. The van der Waals surface area contributed by atoms with Crippen LogP contribution in [0.2, 0.25) is 0 Å². The highest BCUT2D eigenvalue weighted by Crippen LogP contribution is 2.18. The number of sulfonamides is 1. The number of hydrogen-bond donors (Lipinski definition) is 2. The van der Waals surface area contributed by atoms with Crippen LogP contribution in [0.5, 0.6) is 0 Å². The molecule has 1 heterocycles. The van der Waals surface area contributed by atoms with Gasteiger partial charge in [0.2, 0.25) is 15.9 Å². The van der Waals surface area contributed by atoms with Crippen molar-refractivity contribution in [2.24, 2.45) is 0 Å². The molecule has 3 rings (SSSR count). The number of fused-ring (bicyclic) bond motifs is 1. The van der Waals surface area contributed by atoms with Crippen molar-refractivity contribution in [3.63, 3.8) is 0 Å². The lowest BCUT2D eigenvalue weighted by Crippen LogP contribution is -2.33. The molecule has 1 aromatic heterocycles. The van der Waals surface area contributed by atoms with Crippen LogP contribution >= 0.6 is 0 Å². The molecule has 2 N–H and O–H groups in total. The summed E-state index contributed by atoms with van der Waals surface area (Å²) in [6, 6.07) is 12.4.